The Kier molecular flexibility index (Phi) is 5.30. The molecule has 0 radical (unpaired) electrons. The van der Waals surface area contributed by atoms with Gasteiger partial charge in [0.15, 0.2) is 0 Å². The summed E-state index contributed by atoms with van der Waals surface area (Å²) in [5.74, 6) is -0.437. The smallest absolute Gasteiger partial charge is 0.338 e. The fraction of sp³-hybridized carbons (Fsp3) is 0.182. The van der Waals surface area contributed by atoms with Crippen molar-refractivity contribution in [2.45, 2.75) is 19.4 Å². The van der Waals surface area contributed by atoms with Gasteiger partial charge in [-0.1, -0.05) is 30.3 Å². The minimum atomic E-state index is -0.726. The number of nitrogens with zero attached hydrogens (tertiary/aromatic N) is 2. The molecular formula is C22H20N4O4. The van der Waals surface area contributed by atoms with E-state index in [-0.39, 0.29) is 18.2 Å². The van der Waals surface area contributed by atoms with Crippen LogP contribution in [0.1, 0.15) is 29.7 Å². The number of carbonyl (C=O) groups excluding carboxylic acids is 3. The Labute approximate surface area is 172 Å². The summed E-state index contributed by atoms with van der Waals surface area (Å²) < 4.78 is 6.49. The highest BCUT2D eigenvalue weighted by Crippen LogP contribution is 2.35. The topological polar surface area (TPSA) is 102 Å². The molecule has 0 saturated carbocycles. The Bertz CT molecular complexity index is 1090. The van der Waals surface area contributed by atoms with E-state index in [1.54, 1.807) is 42.1 Å². The van der Waals surface area contributed by atoms with Gasteiger partial charge >= 0.3 is 5.97 Å². The standard InChI is InChI=1S/C22H20N4O4/c1-2-30-22(29)15-8-10-16(11-9-15)24-19(27)12-18-21(28)25-20-17(13-23-26(18)20)14-6-4-3-5-7-14/h3-11,13,18H,2,12H2,1H3,(H,24,27)(H,25,28)/t18-/m1/s1. The number of anilines is 2. The lowest BCUT2D eigenvalue weighted by molar-refractivity contribution is -0.123. The maximum atomic E-state index is 12.5. The number of esters is 1. The van der Waals surface area contributed by atoms with Gasteiger partial charge in [0.2, 0.25) is 5.91 Å². The summed E-state index contributed by atoms with van der Waals surface area (Å²) in [5.41, 5.74) is 2.67. The molecule has 4 rings (SSSR count). The van der Waals surface area contributed by atoms with Crippen LogP contribution in [0.5, 0.6) is 0 Å². The van der Waals surface area contributed by atoms with Gasteiger partial charge in [-0.25, -0.2) is 9.48 Å². The molecule has 1 atom stereocenters. The molecule has 0 fully saturated rings. The number of amides is 2. The van der Waals surface area contributed by atoms with Gasteiger partial charge in [0.1, 0.15) is 11.9 Å². The molecule has 2 aromatic carbocycles. The number of rotatable bonds is 6. The van der Waals surface area contributed by atoms with Crippen LogP contribution in [0.15, 0.2) is 60.8 Å². The molecule has 0 bridgehead atoms. The van der Waals surface area contributed by atoms with Crippen LogP contribution in [0.4, 0.5) is 11.5 Å². The van der Waals surface area contributed by atoms with Gasteiger partial charge in [-0.2, -0.15) is 5.10 Å². The van der Waals surface area contributed by atoms with Gasteiger partial charge in [0, 0.05) is 11.3 Å². The number of nitrogens with one attached hydrogen (secondary N) is 2. The number of benzene rings is 2. The maximum absolute atomic E-state index is 12.5. The van der Waals surface area contributed by atoms with Crippen molar-refractivity contribution >= 4 is 29.3 Å². The third-order valence-electron chi connectivity index (χ3n) is 4.78. The number of carbonyl (C=O) groups is 3. The average Bonchev–Trinajstić information content (AvgIpc) is 3.29. The zero-order valence-corrected chi connectivity index (χ0v) is 16.3. The van der Waals surface area contributed by atoms with Crippen LogP contribution in [0, 0.1) is 0 Å². The lowest BCUT2D eigenvalue weighted by Crippen LogP contribution is -2.23. The first-order chi connectivity index (χ1) is 14.6. The third-order valence-corrected chi connectivity index (χ3v) is 4.78. The van der Waals surface area contributed by atoms with Crippen LogP contribution in [0.2, 0.25) is 0 Å². The van der Waals surface area contributed by atoms with Crippen LogP contribution < -0.4 is 10.6 Å². The first-order valence-electron chi connectivity index (χ1n) is 9.57. The molecule has 2 N–H and O–H groups in total. The average molecular weight is 404 g/mol. The Morgan fingerprint density at radius 2 is 1.87 bits per heavy atom. The molecule has 0 unspecified atom stereocenters. The van der Waals surface area contributed by atoms with Crippen LogP contribution in [0.25, 0.3) is 11.1 Å². The highest BCUT2D eigenvalue weighted by molar-refractivity contribution is 6.04. The van der Waals surface area contributed by atoms with Gasteiger partial charge in [-0.05, 0) is 36.8 Å². The molecule has 1 aromatic heterocycles. The second-order valence-corrected chi connectivity index (χ2v) is 6.77. The van der Waals surface area contributed by atoms with Crippen LogP contribution in [-0.2, 0) is 14.3 Å². The van der Waals surface area contributed by atoms with Crippen LogP contribution >= 0.6 is 0 Å². The van der Waals surface area contributed by atoms with E-state index in [0.717, 1.165) is 11.1 Å². The van der Waals surface area contributed by atoms with E-state index in [1.165, 1.54) is 0 Å². The van der Waals surface area contributed by atoms with Crippen molar-refractivity contribution in [2.24, 2.45) is 0 Å². The maximum Gasteiger partial charge on any atom is 0.338 e. The van der Waals surface area contributed by atoms with Gasteiger partial charge in [-0.3, -0.25) is 9.59 Å². The molecule has 0 saturated heterocycles. The van der Waals surface area contributed by atoms with Gasteiger partial charge < -0.3 is 15.4 Å². The lowest BCUT2D eigenvalue weighted by atomic mass is 10.1. The summed E-state index contributed by atoms with van der Waals surface area (Å²) in [4.78, 5) is 36.6. The molecule has 2 heterocycles. The predicted octanol–water partition coefficient (Wildman–Crippen LogP) is 3.25. The molecule has 2 amide bonds. The lowest BCUT2D eigenvalue weighted by Gasteiger charge is -2.10. The highest BCUT2D eigenvalue weighted by atomic mass is 16.5. The van der Waals surface area contributed by atoms with E-state index in [4.69, 9.17) is 4.74 Å². The predicted molar refractivity (Wildman–Crippen MR) is 111 cm³/mol. The number of aromatic nitrogens is 2. The van der Waals surface area contributed by atoms with E-state index in [2.05, 4.69) is 15.7 Å². The number of ether oxygens (including phenoxy) is 1. The van der Waals surface area contributed by atoms with Gasteiger partial charge in [-0.15, -0.1) is 0 Å². The summed E-state index contributed by atoms with van der Waals surface area (Å²) in [5, 5.41) is 9.89. The summed E-state index contributed by atoms with van der Waals surface area (Å²) in [6.45, 7) is 2.03. The fourth-order valence-corrected chi connectivity index (χ4v) is 3.33. The van der Waals surface area contributed by atoms with Crippen molar-refractivity contribution in [3.05, 3.63) is 66.4 Å². The van der Waals surface area contributed by atoms with E-state index in [1.807, 2.05) is 30.3 Å². The molecular weight excluding hydrogens is 384 g/mol. The highest BCUT2D eigenvalue weighted by Gasteiger charge is 2.35. The normalized spacial score (nSPS) is 14.7. The van der Waals surface area contributed by atoms with Crippen molar-refractivity contribution in [3.8, 4) is 11.1 Å². The first kappa shape index (κ1) is 19.4. The molecule has 1 aliphatic rings. The van der Waals surface area contributed by atoms with Crippen molar-refractivity contribution in [1.29, 1.82) is 0 Å². The van der Waals surface area contributed by atoms with E-state index >= 15 is 0 Å². The molecule has 1 aliphatic heterocycles. The number of hydrogen-bond acceptors (Lipinski definition) is 5. The molecule has 30 heavy (non-hydrogen) atoms. The Morgan fingerprint density at radius 1 is 1.13 bits per heavy atom. The van der Waals surface area contributed by atoms with Crippen LogP contribution in [0.3, 0.4) is 0 Å². The van der Waals surface area contributed by atoms with Crippen LogP contribution in [-0.4, -0.2) is 34.2 Å². The molecule has 8 nitrogen and oxygen atoms in total. The Balaban J connectivity index is 1.44. The summed E-state index contributed by atoms with van der Waals surface area (Å²) >= 11 is 0. The van der Waals surface area contributed by atoms with E-state index < -0.39 is 12.0 Å². The minimum Gasteiger partial charge on any atom is -0.462 e. The second-order valence-electron chi connectivity index (χ2n) is 6.77. The fourth-order valence-electron chi connectivity index (χ4n) is 3.33. The zero-order chi connectivity index (χ0) is 21.1. The van der Waals surface area contributed by atoms with Crippen molar-refractivity contribution in [3.63, 3.8) is 0 Å². The molecule has 152 valence electrons. The second kappa shape index (κ2) is 8.20. The van der Waals surface area contributed by atoms with Crippen molar-refractivity contribution in [2.75, 3.05) is 17.2 Å². The van der Waals surface area contributed by atoms with Crippen molar-refractivity contribution < 1.29 is 19.1 Å². The summed E-state index contributed by atoms with van der Waals surface area (Å²) in [6.07, 6.45) is 1.62. The number of fused-ring (bicyclic) bond motifs is 1. The van der Waals surface area contributed by atoms with Gasteiger partial charge in [0.05, 0.1) is 24.8 Å². The van der Waals surface area contributed by atoms with E-state index in [0.29, 0.717) is 23.7 Å². The van der Waals surface area contributed by atoms with Crippen molar-refractivity contribution in [1.82, 2.24) is 9.78 Å². The monoisotopic (exact) mass is 404 g/mol. The largest absolute Gasteiger partial charge is 0.462 e. The SMILES string of the molecule is CCOC(=O)c1ccc(NC(=O)C[C@@H]2C(=O)Nc3c(-c4ccccc4)cnn32)cc1. The van der Waals surface area contributed by atoms with Gasteiger partial charge in [0.25, 0.3) is 5.91 Å². The Hall–Kier alpha value is -3.94. The molecule has 0 spiro atoms. The third kappa shape index (κ3) is 3.80. The summed E-state index contributed by atoms with van der Waals surface area (Å²) in [7, 11) is 0. The zero-order valence-electron chi connectivity index (χ0n) is 16.3. The van der Waals surface area contributed by atoms with E-state index in [9.17, 15) is 14.4 Å². The Morgan fingerprint density at radius 3 is 2.57 bits per heavy atom. The first-order valence-corrected chi connectivity index (χ1v) is 9.57. The minimum absolute atomic E-state index is 0.0611. The molecule has 3 aromatic rings. The summed E-state index contributed by atoms with van der Waals surface area (Å²) in [6, 6.07) is 15.3. The molecule has 0 aliphatic carbocycles. The number of hydrogen-bond donors (Lipinski definition) is 2. The quantitative estimate of drug-likeness (QED) is 0.614. The molecule has 8 heteroatoms.